The van der Waals surface area contributed by atoms with Crippen LogP contribution in [0.1, 0.15) is 70.6 Å². The Morgan fingerprint density at radius 1 is 0.957 bits per heavy atom. The average Bonchev–Trinajstić information content (AvgIpc) is 3.22. The Bertz CT molecular complexity index is 489. The molecule has 0 heterocycles. The second-order valence-corrected chi connectivity index (χ2v) is 6.90. The Balaban J connectivity index is 1.69. The molecule has 126 valence electrons. The first-order valence-electron chi connectivity index (χ1n) is 9.26. The van der Waals surface area contributed by atoms with Crippen molar-refractivity contribution in [2.75, 3.05) is 0 Å². The zero-order valence-electron chi connectivity index (χ0n) is 14.0. The van der Waals surface area contributed by atoms with Gasteiger partial charge >= 0.3 is 5.97 Å². The molecule has 3 aliphatic carbocycles. The highest BCUT2D eigenvalue weighted by Gasteiger charge is 2.22. The molecule has 3 heteroatoms. The van der Waals surface area contributed by atoms with Crippen LogP contribution in [-0.4, -0.2) is 18.2 Å². The summed E-state index contributed by atoms with van der Waals surface area (Å²) in [4.78, 5) is 12.5. The Morgan fingerprint density at radius 3 is 2.39 bits per heavy atom. The Morgan fingerprint density at radius 2 is 1.65 bits per heavy atom. The standard InChI is InChI=1S/C20H28O3/c21-20(23-18-12-7-8-13-18)16-9-3-1-2-4-14-19(15-16)22-17-10-5-6-11-17/h2,4,14-15,17-18H,1,3,5-13H2/b4-2-,16-15+,19-14+. The van der Waals surface area contributed by atoms with Crippen molar-refractivity contribution < 1.29 is 14.3 Å². The quantitative estimate of drug-likeness (QED) is 0.686. The summed E-state index contributed by atoms with van der Waals surface area (Å²) in [6.07, 6.45) is 20.4. The lowest BCUT2D eigenvalue weighted by atomic mass is 10.1. The number of esters is 1. The first-order valence-corrected chi connectivity index (χ1v) is 9.26. The number of hydrogen-bond acceptors (Lipinski definition) is 3. The fourth-order valence-corrected chi connectivity index (χ4v) is 3.63. The Hall–Kier alpha value is -1.51. The third-order valence-corrected chi connectivity index (χ3v) is 4.97. The second kappa shape index (κ2) is 8.37. The summed E-state index contributed by atoms with van der Waals surface area (Å²) in [7, 11) is 0. The molecule has 0 aromatic heterocycles. The highest BCUT2D eigenvalue weighted by molar-refractivity contribution is 5.89. The molecule has 2 fully saturated rings. The van der Waals surface area contributed by atoms with Gasteiger partial charge in [-0.3, -0.25) is 0 Å². The fraction of sp³-hybridized carbons (Fsp3) is 0.650. The van der Waals surface area contributed by atoms with Gasteiger partial charge in [0.1, 0.15) is 11.9 Å². The van der Waals surface area contributed by atoms with E-state index in [1.807, 2.05) is 18.2 Å². The number of hydrogen-bond donors (Lipinski definition) is 0. The highest BCUT2D eigenvalue weighted by Crippen LogP contribution is 2.27. The normalized spacial score (nSPS) is 29.6. The molecule has 0 aliphatic heterocycles. The molecule has 0 aromatic rings. The second-order valence-electron chi connectivity index (χ2n) is 6.90. The highest BCUT2D eigenvalue weighted by atomic mass is 16.5. The summed E-state index contributed by atoms with van der Waals surface area (Å²) in [6.45, 7) is 0. The molecule has 3 rings (SSSR count). The summed E-state index contributed by atoms with van der Waals surface area (Å²) in [5.41, 5.74) is 0.768. The third-order valence-electron chi connectivity index (χ3n) is 4.97. The summed E-state index contributed by atoms with van der Waals surface area (Å²) < 4.78 is 11.8. The van der Waals surface area contributed by atoms with E-state index in [1.54, 1.807) is 0 Å². The molecule has 3 aliphatic rings. The van der Waals surface area contributed by atoms with Crippen molar-refractivity contribution >= 4 is 5.97 Å². The molecule has 2 saturated carbocycles. The van der Waals surface area contributed by atoms with E-state index >= 15 is 0 Å². The van der Waals surface area contributed by atoms with Crippen LogP contribution in [0.3, 0.4) is 0 Å². The summed E-state index contributed by atoms with van der Waals surface area (Å²) in [5, 5.41) is 0. The van der Waals surface area contributed by atoms with E-state index in [4.69, 9.17) is 9.47 Å². The molecule has 0 atom stereocenters. The molecule has 0 radical (unpaired) electrons. The molecule has 23 heavy (non-hydrogen) atoms. The van der Waals surface area contributed by atoms with Gasteiger partial charge in [0.05, 0.1) is 6.10 Å². The van der Waals surface area contributed by atoms with Gasteiger partial charge in [-0.05, 0) is 82.8 Å². The van der Waals surface area contributed by atoms with Gasteiger partial charge in [-0.25, -0.2) is 4.79 Å². The molecule has 0 amide bonds. The van der Waals surface area contributed by atoms with Crippen LogP contribution < -0.4 is 0 Å². The third kappa shape index (κ3) is 4.98. The largest absolute Gasteiger partial charge is 0.490 e. The van der Waals surface area contributed by atoms with E-state index in [0.29, 0.717) is 6.10 Å². The zero-order chi connectivity index (χ0) is 15.9. The average molecular weight is 316 g/mol. The van der Waals surface area contributed by atoms with Crippen molar-refractivity contribution in [1.29, 1.82) is 0 Å². The van der Waals surface area contributed by atoms with Crippen molar-refractivity contribution in [3.63, 3.8) is 0 Å². The van der Waals surface area contributed by atoms with Crippen LogP contribution in [0.5, 0.6) is 0 Å². The van der Waals surface area contributed by atoms with Gasteiger partial charge < -0.3 is 9.47 Å². The Kier molecular flexibility index (Phi) is 5.95. The minimum Gasteiger partial charge on any atom is -0.490 e. The van der Waals surface area contributed by atoms with Crippen molar-refractivity contribution in [1.82, 2.24) is 0 Å². The maximum absolute atomic E-state index is 12.5. The van der Waals surface area contributed by atoms with Gasteiger partial charge in [-0.15, -0.1) is 0 Å². The van der Waals surface area contributed by atoms with Crippen molar-refractivity contribution in [2.45, 2.75) is 82.8 Å². The van der Waals surface area contributed by atoms with Crippen LogP contribution in [0.2, 0.25) is 0 Å². The first-order chi connectivity index (χ1) is 11.3. The van der Waals surface area contributed by atoms with E-state index in [0.717, 1.165) is 56.3 Å². The van der Waals surface area contributed by atoms with E-state index in [9.17, 15) is 4.79 Å². The molecule has 0 aromatic carbocycles. The number of carbonyl (C=O) groups is 1. The predicted octanol–water partition coefficient (Wildman–Crippen LogP) is 4.98. The van der Waals surface area contributed by atoms with Crippen molar-refractivity contribution in [2.24, 2.45) is 0 Å². The molecule has 3 nitrogen and oxygen atoms in total. The molecule has 0 unspecified atom stereocenters. The van der Waals surface area contributed by atoms with Gasteiger partial charge in [0.25, 0.3) is 0 Å². The topological polar surface area (TPSA) is 35.5 Å². The van der Waals surface area contributed by atoms with Gasteiger partial charge in [0.2, 0.25) is 0 Å². The number of allylic oxidation sites excluding steroid dienone is 4. The zero-order valence-corrected chi connectivity index (χ0v) is 14.0. The van der Waals surface area contributed by atoms with Gasteiger partial charge in [0.15, 0.2) is 0 Å². The van der Waals surface area contributed by atoms with Gasteiger partial charge in [-0.2, -0.15) is 0 Å². The fourth-order valence-electron chi connectivity index (χ4n) is 3.63. The monoisotopic (exact) mass is 316 g/mol. The number of carbonyl (C=O) groups excluding carboxylic acids is 1. The lowest BCUT2D eigenvalue weighted by molar-refractivity contribution is -0.144. The van der Waals surface area contributed by atoms with Crippen molar-refractivity contribution in [3.8, 4) is 0 Å². The minimum absolute atomic E-state index is 0.123. The van der Waals surface area contributed by atoms with Gasteiger partial charge in [-0.1, -0.05) is 12.2 Å². The first kappa shape index (κ1) is 16.4. The smallest absolute Gasteiger partial charge is 0.334 e. The van der Waals surface area contributed by atoms with Crippen LogP contribution in [-0.2, 0) is 14.3 Å². The van der Waals surface area contributed by atoms with E-state index in [-0.39, 0.29) is 12.1 Å². The minimum atomic E-state index is -0.139. The van der Waals surface area contributed by atoms with Crippen LogP contribution in [0.25, 0.3) is 0 Å². The lowest BCUT2D eigenvalue weighted by Crippen LogP contribution is -2.17. The van der Waals surface area contributed by atoms with Crippen LogP contribution in [0, 0.1) is 0 Å². The van der Waals surface area contributed by atoms with E-state index in [1.165, 1.54) is 25.7 Å². The maximum Gasteiger partial charge on any atom is 0.334 e. The lowest BCUT2D eigenvalue weighted by Gasteiger charge is -2.16. The number of ether oxygens (including phenoxy) is 2. The molecular formula is C20H28O3. The van der Waals surface area contributed by atoms with Crippen LogP contribution >= 0.6 is 0 Å². The van der Waals surface area contributed by atoms with Crippen LogP contribution in [0.15, 0.2) is 35.6 Å². The maximum atomic E-state index is 12.5. The van der Waals surface area contributed by atoms with E-state index < -0.39 is 0 Å². The van der Waals surface area contributed by atoms with Crippen LogP contribution in [0.4, 0.5) is 0 Å². The Labute approximate surface area is 139 Å². The molecule has 0 saturated heterocycles. The summed E-state index contributed by atoms with van der Waals surface area (Å²) >= 11 is 0. The summed E-state index contributed by atoms with van der Waals surface area (Å²) in [5.74, 6) is 0.674. The molecule has 0 N–H and O–H groups in total. The SMILES string of the molecule is O=C(OC1CCCC1)/C1=C/C(OC2CCCC2)=C\C=C/CCC1. The molecule has 0 spiro atoms. The number of rotatable bonds is 4. The van der Waals surface area contributed by atoms with Gasteiger partial charge in [0, 0.05) is 5.57 Å². The molecular weight excluding hydrogens is 288 g/mol. The summed E-state index contributed by atoms with van der Waals surface area (Å²) in [6, 6.07) is 0. The van der Waals surface area contributed by atoms with Crippen molar-refractivity contribution in [3.05, 3.63) is 35.6 Å². The molecule has 0 bridgehead atoms. The predicted molar refractivity (Wildman–Crippen MR) is 90.8 cm³/mol. The van der Waals surface area contributed by atoms with E-state index in [2.05, 4.69) is 6.08 Å².